The first-order valence-electron chi connectivity index (χ1n) is 13.3. The standard InChI is InChI=1S/C31H37N7O/c1-22-17-26(35-36(22)5)30(39)38(16-10-15-32)28(31(2,3)4)29-34-27(25-13-7-6-8-14-25)21-37(29)20-24-12-9-11-23(18-24)19-33/h6-9,11-14,17-18,21,28H,10,15-16,20,32H2,1-5H3/t28-/m0/s1. The van der Waals surface area contributed by atoms with Crippen LogP contribution in [0.25, 0.3) is 11.3 Å². The van der Waals surface area contributed by atoms with E-state index in [0.29, 0.717) is 37.3 Å². The Morgan fingerprint density at radius 3 is 2.49 bits per heavy atom. The van der Waals surface area contributed by atoms with Crippen molar-refractivity contribution in [2.24, 2.45) is 18.2 Å². The summed E-state index contributed by atoms with van der Waals surface area (Å²) in [6.07, 6.45) is 2.69. The Bertz CT molecular complexity index is 1450. The number of nitriles is 1. The molecule has 8 heteroatoms. The van der Waals surface area contributed by atoms with E-state index >= 15 is 0 Å². The SMILES string of the molecule is Cc1cc(C(=O)N(CCCN)[C@@H](c2nc(-c3ccccc3)cn2Cc2cccc(C#N)c2)C(C)(C)C)nn1C. The summed E-state index contributed by atoms with van der Waals surface area (Å²) in [5, 5.41) is 13.9. The van der Waals surface area contributed by atoms with Gasteiger partial charge in [0.1, 0.15) is 5.82 Å². The average molecular weight is 524 g/mol. The lowest BCUT2D eigenvalue weighted by molar-refractivity contribution is 0.0476. The summed E-state index contributed by atoms with van der Waals surface area (Å²) >= 11 is 0. The van der Waals surface area contributed by atoms with E-state index in [1.165, 1.54) is 0 Å². The molecule has 0 aliphatic rings. The van der Waals surface area contributed by atoms with Gasteiger partial charge in [0, 0.05) is 37.6 Å². The van der Waals surface area contributed by atoms with Crippen LogP contribution in [-0.4, -0.2) is 43.2 Å². The quantitative estimate of drug-likeness (QED) is 0.329. The van der Waals surface area contributed by atoms with E-state index in [4.69, 9.17) is 10.7 Å². The Kier molecular flexibility index (Phi) is 8.32. The number of nitrogens with two attached hydrogens (primary N) is 1. The molecule has 0 fully saturated rings. The van der Waals surface area contributed by atoms with Gasteiger partial charge in [-0.3, -0.25) is 9.48 Å². The molecular weight excluding hydrogens is 486 g/mol. The van der Waals surface area contributed by atoms with E-state index in [2.05, 4.69) is 36.5 Å². The van der Waals surface area contributed by atoms with Gasteiger partial charge in [-0.1, -0.05) is 63.2 Å². The number of carbonyl (C=O) groups excluding carboxylic acids is 1. The Morgan fingerprint density at radius 2 is 1.87 bits per heavy atom. The molecule has 0 spiro atoms. The zero-order valence-electron chi connectivity index (χ0n) is 23.4. The van der Waals surface area contributed by atoms with Crippen LogP contribution in [0.4, 0.5) is 0 Å². The Balaban J connectivity index is 1.88. The number of imidazole rings is 1. The van der Waals surface area contributed by atoms with Crippen molar-refractivity contribution in [2.45, 2.75) is 46.7 Å². The molecule has 0 aliphatic heterocycles. The number of hydrogen-bond acceptors (Lipinski definition) is 5. The number of benzene rings is 2. The highest BCUT2D eigenvalue weighted by Crippen LogP contribution is 2.40. The summed E-state index contributed by atoms with van der Waals surface area (Å²) in [6, 6.07) is 21.3. The van der Waals surface area contributed by atoms with Crippen LogP contribution in [0.5, 0.6) is 0 Å². The molecule has 0 aliphatic carbocycles. The van der Waals surface area contributed by atoms with Gasteiger partial charge in [0.25, 0.3) is 5.91 Å². The summed E-state index contributed by atoms with van der Waals surface area (Å²) in [5.41, 5.74) is 10.3. The molecule has 0 saturated heterocycles. The molecule has 0 saturated carbocycles. The molecular formula is C31H37N7O. The summed E-state index contributed by atoms with van der Waals surface area (Å²) in [6.45, 7) is 9.77. The highest BCUT2D eigenvalue weighted by atomic mass is 16.2. The largest absolute Gasteiger partial charge is 0.330 e. The van der Waals surface area contributed by atoms with Gasteiger partial charge in [-0.2, -0.15) is 10.4 Å². The number of nitrogens with zero attached hydrogens (tertiary/aromatic N) is 6. The molecule has 2 aromatic heterocycles. The molecule has 2 N–H and O–H groups in total. The molecule has 1 amide bonds. The molecule has 0 bridgehead atoms. The Morgan fingerprint density at radius 1 is 1.13 bits per heavy atom. The van der Waals surface area contributed by atoms with Crippen LogP contribution in [0.15, 0.2) is 66.9 Å². The molecule has 4 rings (SSSR count). The van der Waals surface area contributed by atoms with Crippen molar-refractivity contribution >= 4 is 5.91 Å². The molecule has 202 valence electrons. The summed E-state index contributed by atoms with van der Waals surface area (Å²) in [7, 11) is 1.84. The minimum atomic E-state index is -0.365. The fourth-order valence-corrected chi connectivity index (χ4v) is 4.88. The third kappa shape index (κ3) is 6.27. The smallest absolute Gasteiger partial charge is 0.275 e. The highest BCUT2D eigenvalue weighted by molar-refractivity contribution is 5.92. The van der Waals surface area contributed by atoms with Crippen molar-refractivity contribution < 1.29 is 4.79 Å². The molecule has 39 heavy (non-hydrogen) atoms. The van der Waals surface area contributed by atoms with Gasteiger partial charge in [-0.05, 0) is 49.1 Å². The maximum atomic E-state index is 14.0. The minimum Gasteiger partial charge on any atom is -0.330 e. The van der Waals surface area contributed by atoms with Gasteiger partial charge in [-0.15, -0.1) is 0 Å². The average Bonchev–Trinajstić information content (AvgIpc) is 3.48. The van der Waals surface area contributed by atoms with Gasteiger partial charge in [0.05, 0.1) is 23.4 Å². The zero-order chi connectivity index (χ0) is 28.2. The van der Waals surface area contributed by atoms with Crippen molar-refractivity contribution in [3.63, 3.8) is 0 Å². The molecule has 1 atom stereocenters. The van der Waals surface area contributed by atoms with E-state index in [1.54, 1.807) is 10.7 Å². The first kappa shape index (κ1) is 27.8. The summed E-state index contributed by atoms with van der Waals surface area (Å²) in [5.74, 6) is 0.635. The van der Waals surface area contributed by atoms with Gasteiger partial charge >= 0.3 is 0 Å². The number of rotatable bonds is 9. The molecule has 4 aromatic rings. The minimum absolute atomic E-state index is 0.144. The van der Waals surface area contributed by atoms with Crippen LogP contribution < -0.4 is 5.73 Å². The molecule has 8 nitrogen and oxygen atoms in total. The van der Waals surface area contributed by atoms with Gasteiger partial charge < -0.3 is 15.2 Å². The van der Waals surface area contributed by atoms with Crippen molar-refractivity contribution in [3.8, 4) is 17.3 Å². The van der Waals surface area contributed by atoms with Crippen LogP contribution in [-0.2, 0) is 13.6 Å². The van der Waals surface area contributed by atoms with Gasteiger partial charge in [0.2, 0.25) is 0 Å². The van der Waals surface area contributed by atoms with Crippen LogP contribution in [0.3, 0.4) is 0 Å². The maximum Gasteiger partial charge on any atom is 0.275 e. The van der Waals surface area contributed by atoms with Crippen molar-refractivity contribution in [1.82, 2.24) is 24.2 Å². The van der Waals surface area contributed by atoms with E-state index in [1.807, 2.05) is 79.7 Å². The molecule has 0 radical (unpaired) electrons. The molecule has 0 unspecified atom stereocenters. The van der Waals surface area contributed by atoms with Gasteiger partial charge in [-0.25, -0.2) is 4.98 Å². The number of aryl methyl sites for hydroxylation is 2. The number of carbonyl (C=O) groups is 1. The Hall–Kier alpha value is -4.22. The number of aromatic nitrogens is 4. The molecule has 2 heterocycles. The lowest BCUT2D eigenvalue weighted by Gasteiger charge is -2.39. The lowest BCUT2D eigenvalue weighted by atomic mass is 9.84. The predicted octanol–water partition coefficient (Wildman–Crippen LogP) is 5.09. The normalized spacial score (nSPS) is 12.2. The van der Waals surface area contributed by atoms with Crippen LogP contribution in [0.2, 0.25) is 0 Å². The second-order valence-corrected chi connectivity index (χ2v) is 11.0. The predicted molar refractivity (Wildman–Crippen MR) is 153 cm³/mol. The fraction of sp³-hybridized carbons (Fsp3) is 0.355. The van der Waals surface area contributed by atoms with E-state index in [-0.39, 0.29) is 17.4 Å². The highest BCUT2D eigenvalue weighted by Gasteiger charge is 2.39. The second-order valence-electron chi connectivity index (χ2n) is 11.0. The third-order valence-electron chi connectivity index (χ3n) is 6.86. The second kappa shape index (κ2) is 11.7. The topological polar surface area (TPSA) is 106 Å². The van der Waals surface area contributed by atoms with Crippen molar-refractivity contribution in [1.29, 1.82) is 5.26 Å². The Labute approximate surface area is 230 Å². The summed E-state index contributed by atoms with van der Waals surface area (Å²) in [4.78, 5) is 21.1. The van der Waals surface area contributed by atoms with E-state index in [9.17, 15) is 10.1 Å². The third-order valence-corrected chi connectivity index (χ3v) is 6.86. The first-order chi connectivity index (χ1) is 18.6. The van der Waals surface area contributed by atoms with Crippen LogP contribution >= 0.6 is 0 Å². The van der Waals surface area contributed by atoms with Crippen LogP contribution in [0, 0.1) is 23.7 Å². The first-order valence-corrected chi connectivity index (χ1v) is 13.3. The van der Waals surface area contributed by atoms with Crippen LogP contribution in [0.1, 0.15) is 66.4 Å². The van der Waals surface area contributed by atoms with Crippen molar-refractivity contribution in [3.05, 3.63) is 95.2 Å². The molecule has 2 aromatic carbocycles. The fourth-order valence-electron chi connectivity index (χ4n) is 4.88. The number of amides is 1. The number of hydrogen-bond donors (Lipinski definition) is 1. The van der Waals surface area contributed by atoms with E-state index < -0.39 is 0 Å². The lowest BCUT2D eigenvalue weighted by Crippen LogP contribution is -2.43. The zero-order valence-corrected chi connectivity index (χ0v) is 23.4. The van der Waals surface area contributed by atoms with Gasteiger partial charge in [0.15, 0.2) is 5.69 Å². The maximum absolute atomic E-state index is 14.0. The monoisotopic (exact) mass is 523 g/mol. The van der Waals surface area contributed by atoms with E-state index in [0.717, 1.165) is 28.3 Å². The van der Waals surface area contributed by atoms with Crippen molar-refractivity contribution in [2.75, 3.05) is 13.1 Å². The summed E-state index contributed by atoms with van der Waals surface area (Å²) < 4.78 is 3.83.